The first-order valence-corrected chi connectivity index (χ1v) is 21.1. The van der Waals surface area contributed by atoms with Gasteiger partial charge in [0.2, 0.25) is 12.3 Å². The van der Waals surface area contributed by atoms with E-state index in [1.165, 1.54) is 22.4 Å². The number of carbonyl (C=O) groups excluding carboxylic acids is 5. The van der Waals surface area contributed by atoms with E-state index in [1.54, 1.807) is 69.3 Å². The van der Waals surface area contributed by atoms with Crippen LogP contribution in [0.5, 0.6) is 5.75 Å². The first-order valence-electron chi connectivity index (χ1n) is 20.7. The van der Waals surface area contributed by atoms with Gasteiger partial charge in [0.1, 0.15) is 11.3 Å². The molecule has 14 nitrogen and oxygen atoms in total. The fraction of sp³-hybridized carbons (Fsp3) is 0.383. The van der Waals surface area contributed by atoms with Crippen molar-refractivity contribution in [3.63, 3.8) is 0 Å². The second kappa shape index (κ2) is 19.6. The number of amides is 4. The monoisotopic (exact) mass is 864 g/mol. The molecule has 1 unspecified atom stereocenters. The van der Waals surface area contributed by atoms with Crippen molar-refractivity contribution in [3.8, 4) is 5.75 Å². The molecule has 0 fully saturated rings. The predicted octanol–water partition coefficient (Wildman–Crippen LogP) is 9.38. The zero-order chi connectivity index (χ0) is 45.4. The number of hydrogen-bond donors (Lipinski definition) is 5. The van der Waals surface area contributed by atoms with E-state index in [-0.39, 0.29) is 44.9 Å². The largest absolute Gasteiger partial charge is 0.493 e. The van der Waals surface area contributed by atoms with Gasteiger partial charge in [-0.2, -0.15) is 0 Å². The summed E-state index contributed by atoms with van der Waals surface area (Å²) >= 11 is 6.54. The number of ether oxygens (including phenoxy) is 1. The Morgan fingerprint density at radius 3 is 2.13 bits per heavy atom. The van der Waals surface area contributed by atoms with E-state index in [2.05, 4.69) is 90.8 Å². The number of fused-ring (bicyclic) bond motifs is 1. The highest BCUT2D eigenvalue weighted by atomic mass is 35.5. The molecule has 0 aliphatic carbocycles. The van der Waals surface area contributed by atoms with Gasteiger partial charge in [-0.3, -0.25) is 34.8 Å². The lowest BCUT2D eigenvalue weighted by Gasteiger charge is -2.30. The number of carbonyl (C=O) groups is 5. The average Bonchev–Trinajstić information content (AvgIpc) is 3.65. The number of nitrogens with zero attached hydrogens (tertiary/aromatic N) is 3. The standard InChI is InChI=1S/C47H57ClN8O6/c1-10-46(6,7)30-15-23-39(34(26-30)47(8,9)11-2)62-24-12-13-40(58)50-33-20-21-35(48)36(27-33)52-44(61)41(42(59)45(3,4)5)56-38-22-14-29(25-37(38)54-55-56)43(60)51-31-16-18-32(19-17-31)53-49-28-57/h14-23,25-28,41,53H,10-13,24H2,1-9H3,(H,49,57)(H,50,58)(H,51,60)(H,52,61). The summed E-state index contributed by atoms with van der Waals surface area (Å²) in [6.07, 6.45) is 3.12. The molecule has 0 aliphatic rings. The summed E-state index contributed by atoms with van der Waals surface area (Å²) in [6, 6.07) is 21.0. The number of Topliss-reactive ketones (excluding diaryl/α,β-unsaturated/α-hetero) is 1. The number of anilines is 4. The first kappa shape index (κ1) is 46.8. The lowest BCUT2D eigenvalue weighted by Crippen LogP contribution is -2.39. The van der Waals surface area contributed by atoms with Crippen molar-refractivity contribution >= 4 is 75.3 Å². The van der Waals surface area contributed by atoms with Crippen LogP contribution in [0.1, 0.15) is 116 Å². The Bertz CT molecular complexity index is 2440. The molecule has 5 N–H and O–H groups in total. The molecule has 62 heavy (non-hydrogen) atoms. The van der Waals surface area contributed by atoms with Gasteiger partial charge in [0.05, 0.1) is 28.5 Å². The fourth-order valence-electron chi connectivity index (χ4n) is 6.52. The molecule has 0 saturated heterocycles. The Morgan fingerprint density at radius 1 is 0.790 bits per heavy atom. The molecule has 0 bridgehead atoms. The summed E-state index contributed by atoms with van der Waals surface area (Å²) in [7, 11) is 0. The number of halogens is 1. The molecule has 328 valence electrons. The molecule has 15 heteroatoms. The predicted molar refractivity (Wildman–Crippen MR) is 245 cm³/mol. The number of benzene rings is 4. The zero-order valence-corrected chi connectivity index (χ0v) is 37.6. The molecule has 5 rings (SSSR count). The van der Waals surface area contributed by atoms with Crippen molar-refractivity contribution in [1.82, 2.24) is 20.4 Å². The van der Waals surface area contributed by atoms with E-state index in [0.29, 0.717) is 42.0 Å². The number of rotatable bonds is 19. The second-order valence-electron chi connectivity index (χ2n) is 17.5. The quantitative estimate of drug-likeness (QED) is 0.0233. The Labute approximate surface area is 367 Å². The second-order valence-corrected chi connectivity index (χ2v) is 18.0. The molecule has 0 saturated carbocycles. The van der Waals surface area contributed by atoms with E-state index in [4.69, 9.17) is 16.3 Å². The van der Waals surface area contributed by atoms with Crippen LogP contribution in [0.3, 0.4) is 0 Å². The van der Waals surface area contributed by atoms with Crippen molar-refractivity contribution < 1.29 is 28.7 Å². The van der Waals surface area contributed by atoms with Gasteiger partial charge in [-0.1, -0.05) is 91.3 Å². The number of hydrazine groups is 1. The highest BCUT2D eigenvalue weighted by Gasteiger charge is 2.38. The van der Waals surface area contributed by atoms with Gasteiger partial charge >= 0.3 is 0 Å². The Kier molecular flexibility index (Phi) is 14.8. The summed E-state index contributed by atoms with van der Waals surface area (Å²) in [4.78, 5) is 64.8. The van der Waals surface area contributed by atoms with Gasteiger partial charge in [-0.15, -0.1) is 5.10 Å². The van der Waals surface area contributed by atoms with E-state index < -0.39 is 29.1 Å². The third kappa shape index (κ3) is 11.3. The van der Waals surface area contributed by atoms with Crippen molar-refractivity contribution in [2.45, 2.75) is 105 Å². The van der Waals surface area contributed by atoms with E-state index in [1.807, 2.05) is 6.07 Å². The van der Waals surface area contributed by atoms with Gasteiger partial charge in [0, 0.05) is 34.3 Å². The van der Waals surface area contributed by atoms with Crippen molar-refractivity contribution in [3.05, 3.63) is 101 Å². The van der Waals surface area contributed by atoms with Crippen LogP contribution < -0.4 is 31.5 Å². The SMILES string of the molecule is CCC(C)(C)c1ccc(OCCCC(=O)Nc2ccc(Cl)c(NC(=O)C(C(=O)C(C)(C)C)n3nnc4cc(C(=O)Nc5ccc(NNC=O)cc5)ccc43)c2)c(C(C)(C)CC)c1. The smallest absolute Gasteiger partial charge is 0.257 e. The topological polar surface area (TPSA) is 185 Å². The Morgan fingerprint density at radius 2 is 1.47 bits per heavy atom. The minimum Gasteiger partial charge on any atom is -0.493 e. The molecule has 1 heterocycles. The summed E-state index contributed by atoms with van der Waals surface area (Å²) < 4.78 is 7.50. The van der Waals surface area contributed by atoms with Crippen LogP contribution in [-0.4, -0.2) is 51.5 Å². The van der Waals surface area contributed by atoms with Crippen LogP contribution in [0.15, 0.2) is 78.9 Å². The number of hydrogen-bond acceptors (Lipinski definition) is 9. The molecular weight excluding hydrogens is 808 g/mol. The highest BCUT2D eigenvalue weighted by molar-refractivity contribution is 6.34. The number of ketones is 1. The van der Waals surface area contributed by atoms with Gasteiger partial charge in [-0.05, 0) is 102 Å². The average molecular weight is 865 g/mol. The molecule has 4 aromatic carbocycles. The fourth-order valence-corrected chi connectivity index (χ4v) is 6.68. The molecule has 1 aromatic heterocycles. The lowest BCUT2D eigenvalue weighted by atomic mass is 9.76. The maximum absolute atomic E-state index is 14.1. The van der Waals surface area contributed by atoms with Crippen LogP contribution in [0.2, 0.25) is 5.02 Å². The molecule has 0 spiro atoms. The van der Waals surface area contributed by atoms with Gasteiger partial charge < -0.3 is 20.7 Å². The lowest BCUT2D eigenvalue weighted by molar-refractivity contribution is -0.135. The third-order valence-electron chi connectivity index (χ3n) is 11.2. The van der Waals surface area contributed by atoms with Crippen LogP contribution in [-0.2, 0) is 30.0 Å². The van der Waals surface area contributed by atoms with Gasteiger partial charge in [0.25, 0.3) is 11.8 Å². The summed E-state index contributed by atoms with van der Waals surface area (Å²) in [5.74, 6) is -1.02. The summed E-state index contributed by atoms with van der Waals surface area (Å²) in [5.41, 5.74) is 9.02. The van der Waals surface area contributed by atoms with E-state index in [0.717, 1.165) is 24.2 Å². The third-order valence-corrected chi connectivity index (χ3v) is 11.5. The molecule has 0 radical (unpaired) electrons. The van der Waals surface area contributed by atoms with E-state index >= 15 is 0 Å². The van der Waals surface area contributed by atoms with Crippen molar-refractivity contribution in [1.29, 1.82) is 0 Å². The van der Waals surface area contributed by atoms with E-state index in [9.17, 15) is 24.0 Å². The van der Waals surface area contributed by atoms with Crippen LogP contribution in [0.4, 0.5) is 22.7 Å². The maximum Gasteiger partial charge on any atom is 0.257 e. The Balaban J connectivity index is 1.26. The summed E-state index contributed by atoms with van der Waals surface area (Å²) in [6.45, 7) is 18.7. The minimum absolute atomic E-state index is 0.0397. The number of nitrogens with one attached hydrogen (secondary N) is 5. The van der Waals surface area contributed by atoms with Crippen LogP contribution >= 0.6 is 11.6 Å². The number of aromatic nitrogens is 3. The molecular formula is C47H57ClN8O6. The molecule has 0 aliphatic heterocycles. The van der Waals surface area contributed by atoms with Gasteiger partial charge in [-0.25, -0.2) is 4.68 Å². The van der Waals surface area contributed by atoms with Gasteiger partial charge in [0.15, 0.2) is 11.8 Å². The zero-order valence-electron chi connectivity index (χ0n) is 36.9. The van der Waals surface area contributed by atoms with Crippen LogP contribution in [0, 0.1) is 5.41 Å². The summed E-state index contributed by atoms with van der Waals surface area (Å²) in [5, 5.41) is 17.0. The molecule has 1 atom stereocenters. The van der Waals surface area contributed by atoms with Crippen LogP contribution in [0.25, 0.3) is 11.0 Å². The molecule has 4 amide bonds. The normalized spacial score (nSPS) is 12.3. The van der Waals surface area contributed by atoms with Crippen molar-refractivity contribution in [2.24, 2.45) is 5.41 Å². The van der Waals surface area contributed by atoms with Crippen molar-refractivity contribution in [2.75, 3.05) is 28.0 Å². The molecule has 5 aromatic rings. The first-order chi connectivity index (χ1) is 29.3. The minimum atomic E-state index is -1.47. The Hall–Kier alpha value is -6.28. The maximum atomic E-state index is 14.1. The highest BCUT2D eigenvalue weighted by Crippen LogP contribution is 2.39.